The highest BCUT2D eigenvalue weighted by Crippen LogP contribution is 2.24. The number of carbonyl (C=O) groups is 1. The molecule has 23 heavy (non-hydrogen) atoms. The molecule has 1 amide bonds. The van der Waals surface area contributed by atoms with Gasteiger partial charge in [-0.15, -0.1) is 0 Å². The second-order valence-electron chi connectivity index (χ2n) is 5.93. The average molecular weight is 306 g/mol. The Bertz CT molecular complexity index is 839. The van der Waals surface area contributed by atoms with Gasteiger partial charge in [-0.3, -0.25) is 0 Å². The zero-order valence-corrected chi connectivity index (χ0v) is 12.7. The molecule has 0 aliphatic carbocycles. The van der Waals surface area contributed by atoms with E-state index < -0.39 is 0 Å². The maximum Gasteiger partial charge on any atom is 0.407 e. The Morgan fingerprint density at radius 3 is 2.65 bits per heavy atom. The van der Waals surface area contributed by atoms with Gasteiger partial charge in [0.25, 0.3) is 0 Å². The van der Waals surface area contributed by atoms with Crippen LogP contribution in [0.15, 0.2) is 60.8 Å². The fourth-order valence-electron chi connectivity index (χ4n) is 3.20. The summed E-state index contributed by atoms with van der Waals surface area (Å²) in [6.45, 7) is 1.28. The number of alkyl carbamates (subject to hydrolysis) is 1. The lowest BCUT2D eigenvalue weighted by molar-refractivity contribution is 0.177. The molecule has 1 aliphatic rings. The van der Waals surface area contributed by atoms with E-state index in [4.69, 9.17) is 4.74 Å². The molecule has 1 aliphatic heterocycles. The predicted octanol–water partition coefficient (Wildman–Crippen LogP) is 3.34. The van der Waals surface area contributed by atoms with E-state index >= 15 is 0 Å². The third-order valence-corrected chi connectivity index (χ3v) is 4.27. The Labute approximate surface area is 134 Å². The number of benzene rings is 2. The lowest BCUT2D eigenvalue weighted by atomic mass is 10.1. The molecule has 1 atom stereocenters. The molecule has 1 fully saturated rings. The van der Waals surface area contributed by atoms with E-state index in [0.717, 1.165) is 13.0 Å². The number of carbonyl (C=O) groups excluding carboxylic acids is 1. The minimum absolute atomic E-state index is 0.0541. The van der Waals surface area contributed by atoms with Crippen molar-refractivity contribution in [3.05, 3.63) is 71.9 Å². The molecule has 0 bridgehead atoms. The van der Waals surface area contributed by atoms with Crippen LogP contribution in [-0.4, -0.2) is 23.3 Å². The summed E-state index contributed by atoms with van der Waals surface area (Å²) in [7, 11) is 0. The van der Waals surface area contributed by atoms with Crippen molar-refractivity contribution in [2.24, 2.45) is 0 Å². The molecule has 1 saturated heterocycles. The van der Waals surface area contributed by atoms with Crippen molar-refractivity contribution in [1.29, 1.82) is 0 Å². The number of para-hydroxylation sites is 1. The normalized spacial score (nSPS) is 17.2. The van der Waals surface area contributed by atoms with Crippen molar-refractivity contribution in [1.82, 2.24) is 9.88 Å². The van der Waals surface area contributed by atoms with Crippen LogP contribution in [0.25, 0.3) is 10.9 Å². The van der Waals surface area contributed by atoms with Crippen LogP contribution in [0.3, 0.4) is 0 Å². The smallest absolute Gasteiger partial charge is 0.407 e. The van der Waals surface area contributed by atoms with Crippen LogP contribution in [0.1, 0.15) is 11.1 Å². The molecule has 4 rings (SSSR count). The highest BCUT2D eigenvalue weighted by atomic mass is 16.6. The molecule has 1 N–H and O–H groups in total. The molecule has 3 aromatic rings. The molecule has 2 heterocycles. The van der Waals surface area contributed by atoms with Crippen molar-refractivity contribution < 1.29 is 9.53 Å². The van der Waals surface area contributed by atoms with Gasteiger partial charge in [0.1, 0.15) is 6.61 Å². The molecular formula is C19H18N2O2. The van der Waals surface area contributed by atoms with Gasteiger partial charge in [-0.1, -0.05) is 48.5 Å². The minimum atomic E-state index is -0.317. The summed E-state index contributed by atoms with van der Waals surface area (Å²) in [6, 6.07) is 18.9. The number of amides is 1. The van der Waals surface area contributed by atoms with Crippen molar-refractivity contribution in [2.75, 3.05) is 6.61 Å². The maximum atomic E-state index is 11.2. The van der Waals surface area contributed by atoms with Gasteiger partial charge in [0.15, 0.2) is 0 Å². The molecule has 1 aromatic heterocycles. The molecule has 4 heteroatoms. The van der Waals surface area contributed by atoms with Crippen LogP contribution >= 0.6 is 0 Å². The zero-order chi connectivity index (χ0) is 15.6. The number of ether oxygens (including phenoxy) is 1. The fourth-order valence-corrected chi connectivity index (χ4v) is 3.20. The second kappa shape index (κ2) is 5.80. The first kappa shape index (κ1) is 13.9. The monoisotopic (exact) mass is 306 g/mol. The lowest BCUT2D eigenvalue weighted by Crippen LogP contribution is -2.28. The molecule has 0 unspecified atom stereocenters. The van der Waals surface area contributed by atoms with E-state index in [1.54, 1.807) is 0 Å². The quantitative estimate of drug-likeness (QED) is 0.803. The van der Waals surface area contributed by atoms with Crippen LogP contribution in [0.5, 0.6) is 0 Å². The van der Waals surface area contributed by atoms with Crippen LogP contribution < -0.4 is 5.32 Å². The number of rotatable bonds is 4. The Morgan fingerprint density at radius 1 is 1.09 bits per heavy atom. The number of hydrogen-bond acceptors (Lipinski definition) is 2. The topological polar surface area (TPSA) is 43.3 Å². The summed E-state index contributed by atoms with van der Waals surface area (Å²) in [5.74, 6) is 0. The molecule has 0 radical (unpaired) electrons. The average Bonchev–Trinajstić information content (AvgIpc) is 3.14. The number of aromatic nitrogens is 1. The number of nitrogens with zero attached hydrogens (tertiary/aromatic N) is 1. The Kier molecular flexibility index (Phi) is 3.50. The zero-order valence-electron chi connectivity index (χ0n) is 12.7. The molecule has 116 valence electrons. The van der Waals surface area contributed by atoms with Crippen LogP contribution in [0.2, 0.25) is 0 Å². The SMILES string of the molecule is O=C1N[C@@H](Cc2cn(Cc3ccccc3)c3ccccc23)CO1. The molecule has 2 aromatic carbocycles. The highest BCUT2D eigenvalue weighted by molar-refractivity contribution is 5.84. The molecule has 4 nitrogen and oxygen atoms in total. The fraction of sp³-hybridized carbons (Fsp3) is 0.211. The van der Waals surface area contributed by atoms with Gasteiger partial charge in [-0.25, -0.2) is 4.79 Å². The summed E-state index contributed by atoms with van der Waals surface area (Å²) in [5.41, 5.74) is 3.74. The molecular weight excluding hydrogens is 288 g/mol. The third-order valence-electron chi connectivity index (χ3n) is 4.27. The summed E-state index contributed by atoms with van der Waals surface area (Å²) in [5, 5.41) is 4.10. The summed E-state index contributed by atoms with van der Waals surface area (Å²) >= 11 is 0. The number of cyclic esters (lactones) is 1. The Morgan fingerprint density at radius 2 is 1.87 bits per heavy atom. The van der Waals surface area contributed by atoms with E-state index in [1.807, 2.05) is 6.07 Å². The van der Waals surface area contributed by atoms with Gasteiger partial charge >= 0.3 is 6.09 Å². The van der Waals surface area contributed by atoms with Gasteiger partial charge in [0, 0.05) is 23.6 Å². The summed E-state index contributed by atoms with van der Waals surface area (Å²) in [4.78, 5) is 11.2. The van der Waals surface area contributed by atoms with Gasteiger partial charge in [0.05, 0.1) is 6.04 Å². The van der Waals surface area contributed by atoms with Gasteiger partial charge in [0.2, 0.25) is 0 Å². The van der Waals surface area contributed by atoms with E-state index in [-0.39, 0.29) is 12.1 Å². The maximum absolute atomic E-state index is 11.2. The van der Waals surface area contributed by atoms with Crippen molar-refractivity contribution in [3.63, 3.8) is 0 Å². The van der Waals surface area contributed by atoms with Crippen molar-refractivity contribution >= 4 is 17.0 Å². The van der Waals surface area contributed by atoms with E-state index in [1.165, 1.54) is 22.0 Å². The Hall–Kier alpha value is -2.75. The third kappa shape index (κ3) is 2.80. The van der Waals surface area contributed by atoms with Crippen molar-refractivity contribution in [2.45, 2.75) is 19.0 Å². The first-order valence-electron chi connectivity index (χ1n) is 7.83. The van der Waals surface area contributed by atoms with Crippen molar-refractivity contribution in [3.8, 4) is 0 Å². The second-order valence-corrected chi connectivity index (χ2v) is 5.93. The van der Waals surface area contributed by atoms with E-state index in [9.17, 15) is 4.79 Å². The minimum Gasteiger partial charge on any atom is -0.447 e. The predicted molar refractivity (Wildman–Crippen MR) is 89.5 cm³/mol. The van der Waals surface area contributed by atoms with Crippen LogP contribution in [0, 0.1) is 0 Å². The van der Waals surface area contributed by atoms with Crippen LogP contribution in [-0.2, 0) is 17.7 Å². The largest absolute Gasteiger partial charge is 0.447 e. The van der Waals surface area contributed by atoms with E-state index in [0.29, 0.717) is 6.61 Å². The Balaban J connectivity index is 1.67. The molecule has 0 spiro atoms. The summed E-state index contributed by atoms with van der Waals surface area (Å²) in [6.07, 6.45) is 2.67. The first-order chi connectivity index (χ1) is 11.3. The first-order valence-corrected chi connectivity index (χ1v) is 7.83. The number of fused-ring (bicyclic) bond motifs is 1. The highest BCUT2D eigenvalue weighted by Gasteiger charge is 2.23. The standard InChI is InChI=1S/C19H18N2O2/c22-19-20-16(13-23-19)10-15-12-21(11-14-6-2-1-3-7-14)18-9-5-4-8-17(15)18/h1-9,12,16H,10-11,13H2,(H,20,22)/t16-/m0/s1. The lowest BCUT2D eigenvalue weighted by Gasteiger charge is -2.05. The van der Waals surface area contributed by atoms with Crippen LogP contribution in [0.4, 0.5) is 4.79 Å². The van der Waals surface area contributed by atoms with Gasteiger partial charge in [-0.2, -0.15) is 0 Å². The van der Waals surface area contributed by atoms with Gasteiger partial charge in [-0.05, 0) is 23.6 Å². The van der Waals surface area contributed by atoms with Gasteiger partial charge < -0.3 is 14.6 Å². The number of hydrogen-bond donors (Lipinski definition) is 1. The summed E-state index contributed by atoms with van der Waals surface area (Å²) < 4.78 is 7.27. The van der Waals surface area contributed by atoms with E-state index in [2.05, 4.69) is 64.6 Å². The molecule has 0 saturated carbocycles. The number of nitrogens with one attached hydrogen (secondary N) is 1.